The molecular formula is C16H19NO. The van der Waals surface area contributed by atoms with Gasteiger partial charge in [-0.1, -0.05) is 12.1 Å². The first-order valence-corrected chi connectivity index (χ1v) is 7.08. The molecule has 0 amide bonds. The molecule has 2 nitrogen and oxygen atoms in total. The number of aliphatic imine (C=N–C) groups is 1. The number of benzene rings is 1. The van der Waals surface area contributed by atoms with Crippen LogP contribution >= 0.6 is 0 Å². The zero-order chi connectivity index (χ0) is 12.2. The molecule has 1 aromatic rings. The van der Waals surface area contributed by atoms with Gasteiger partial charge in [0.25, 0.3) is 0 Å². The van der Waals surface area contributed by atoms with Gasteiger partial charge in [-0.25, -0.2) is 0 Å². The van der Waals surface area contributed by atoms with Crippen molar-refractivity contribution in [2.45, 2.75) is 37.6 Å². The van der Waals surface area contributed by atoms with Gasteiger partial charge < -0.3 is 5.11 Å². The third kappa shape index (κ3) is 1.51. The molecular weight excluding hydrogens is 222 g/mol. The van der Waals surface area contributed by atoms with Gasteiger partial charge in [-0.2, -0.15) is 0 Å². The fourth-order valence-electron chi connectivity index (χ4n) is 4.77. The van der Waals surface area contributed by atoms with Crippen molar-refractivity contribution in [3.05, 3.63) is 29.8 Å². The van der Waals surface area contributed by atoms with Gasteiger partial charge in [0, 0.05) is 6.21 Å². The van der Waals surface area contributed by atoms with Crippen LogP contribution in [0.5, 0.6) is 5.75 Å². The van der Waals surface area contributed by atoms with Crippen LogP contribution in [0, 0.1) is 17.8 Å². The zero-order valence-electron chi connectivity index (χ0n) is 10.5. The van der Waals surface area contributed by atoms with Crippen molar-refractivity contribution in [1.29, 1.82) is 0 Å². The van der Waals surface area contributed by atoms with Gasteiger partial charge in [-0.3, -0.25) is 4.99 Å². The van der Waals surface area contributed by atoms with Gasteiger partial charge in [0.15, 0.2) is 0 Å². The Balaban J connectivity index is 1.62. The molecule has 18 heavy (non-hydrogen) atoms. The van der Waals surface area contributed by atoms with Crippen molar-refractivity contribution < 1.29 is 5.11 Å². The van der Waals surface area contributed by atoms with E-state index in [1.807, 2.05) is 18.3 Å². The molecule has 0 aromatic heterocycles. The first-order chi connectivity index (χ1) is 8.73. The van der Waals surface area contributed by atoms with Crippen LogP contribution in [0.1, 0.15) is 37.7 Å². The highest BCUT2D eigenvalue weighted by molar-refractivity contribution is 5.80. The quantitative estimate of drug-likeness (QED) is 0.791. The number of nitrogens with zero attached hydrogens (tertiary/aromatic N) is 1. The van der Waals surface area contributed by atoms with Crippen LogP contribution in [0.3, 0.4) is 0 Å². The normalized spacial score (nSPS) is 41.0. The summed E-state index contributed by atoms with van der Waals surface area (Å²) in [5, 5.41) is 9.48. The molecule has 2 atom stereocenters. The maximum absolute atomic E-state index is 9.48. The highest BCUT2D eigenvalue weighted by Crippen LogP contribution is 2.62. The predicted octanol–water partition coefficient (Wildman–Crippen LogP) is 3.39. The lowest BCUT2D eigenvalue weighted by atomic mass is 9.80. The third-order valence-corrected chi connectivity index (χ3v) is 5.29. The Kier molecular flexibility index (Phi) is 2.12. The van der Waals surface area contributed by atoms with E-state index < -0.39 is 0 Å². The number of phenols is 1. The Labute approximate surface area is 108 Å². The van der Waals surface area contributed by atoms with Crippen LogP contribution in [0.2, 0.25) is 0 Å². The summed E-state index contributed by atoms with van der Waals surface area (Å²) in [6.45, 7) is 0. The van der Waals surface area contributed by atoms with Crippen molar-refractivity contribution in [3.8, 4) is 5.75 Å². The lowest BCUT2D eigenvalue weighted by Crippen LogP contribution is -2.28. The van der Waals surface area contributed by atoms with E-state index in [2.05, 4.69) is 0 Å². The highest BCUT2D eigenvalue weighted by atomic mass is 16.3. The molecule has 1 aromatic carbocycles. The van der Waals surface area contributed by atoms with Gasteiger partial charge in [0.1, 0.15) is 5.75 Å². The molecule has 4 aliphatic rings. The van der Waals surface area contributed by atoms with Gasteiger partial charge in [0.05, 0.1) is 5.54 Å². The van der Waals surface area contributed by atoms with Crippen LogP contribution in [-0.2, 0) is 0 Å². The smallest absolute Gasteiger partial charge is 0.116 e. The van der Waals surface area contributed by atoms with Crippen LogP contribution in [-0.4, -0.2) is 16.9 Å². The Hall–Kier alpha value is -1.31. The van der Waals surface area contributed by atoms with E-state index in [4.69, 9.17) is 4.99 Å². The summed E-state index contributed by atoms with van der Waals surface area (Å²) in [7, 11) is 0. The molecule has 5 rings (SSSR count). The van der Waals surface area contributed by atoms with E-state index in [1.165, 1.54) is 32.1 Å². The minimum atomic E-state index is 0.263. The molecule has 4 saturated carbocycles. The minimum absolute atomic E-state index is 0.263. The van der Waals surface area contributed by atoms with Crippen molar-refractivity contribution in [3.63, 3.8) is 0 Å². The van der Waals surface area contributed by atoms with Crippen molar-refractivity contribution in [1.82, 2.24) is 0 Å². The summed E-state index contributed by atoms with van der Waals surface area (Å²) in [5.74, 6) is 3.07. The lowest BCUT2D eigenvalue weighted by molar-refractivity contribution is 0.269. The number of aromatic hydroxyl groups is 1. The summed E-state index contributed by atoms with van der Waals surface area (Å²) in [6, 6.07) is 7.39. The van der Waals surface area contributed by atoms with Crippen molar-refractivity contribution in [2.24, 2.45) is 22.7 Å². The average Bonchev–Trinajstić information content (AvgIpc) is 2.73. The van der Waals surface area contributed by atoms with Gasteiger partial charge >= 0.3 is 0 Å². The Morgan fingerprint density at radius 1 is 1.17 bits per heavy atom. The first-order valence-electron chi connectivity index (χ1n) is 7.08. The van der Waals surface area contributed by atoms with E-state index in [9.17, 15) is 5.11 Å². The molecule has 2 heteroatoms. The fraction of sp³-hybridized carbons (Fsp3) is 0.562. The van der Waals surface area contributed by atoms with E-state index in [0.29, 0.717) is 5.75 Å². The monoisotopic (exact) mass is 241 g/mol. The number of hydrogen-bond donors (Lipinski definition) is 1. The number of phenolic OH excluding ortho intramolecular Hbond substituents is 1. The lowest BCUT2D eigenvalue weighted by Gasteiger charge is -2.29. The Morgan fingerprint density at radius 2 is 1.94 bits per heavy atom. The van der Waals surface area contributed by atoms with Crippen LogP contribution in [0.4, 0.5) is 0 Å². The van der Waals surface area contributed by atoms with E-state index >= 15 is 0 Å². The molecule has 4 aliphatic carbocycles. The first kappa shape index (κ1) is 10.6. The maximum Gasteiger partial charge on any atom is 0.116 e. The summed E-state index contributed by atoms with van der Waals surface area (Å²) < 4.78 is 0. The van der Waals surface area contributed by atoms with E-state index in [1.54, 1.807) is 12.1 Å². The van der Waals surface area contributed by atoms with Gasteiger partial charge in [-0.15, -0.1) is 0 Å². The van der Waals surface area contributed by atoms with Crippen LogP contribution in [0.15, 0.2) is 29.3 Å². The molecule has 0 spiro atoms. The minimum Gasteiger partial charge on any atom is -0.508 e. The van der Waals surface area contributed by atoms with Crippen LogP contribution in [0.25, 0.3) is 0 Å². The van der Waals surface area contributed by atoms with Crippen molar-refractivity contribution in [2.75, 3.05) is 0 Å². The van der Waals surface area contributed by atoms with Crippen LogP contribution < -0.4 is 0 Å². The summed E-state index contributed by atoms with van der Waals surface area (Å²) >= 11 is 0. The average molecular weight is 241 g/mol. The summed E-state index contributed by atoms with van der Waals surface area (Å²) in [6.07, 6.45) is 8.89. The molecule has 0 radical (unpaired) electrons. The standard InChI is InChI=1S/C16H19NO/c18-15-3-1-2-11(7-15)10-17-16-8-12-4-13(9-16)6-14(16)5-12/h1-3,7,10,12-14,18H,4-6,8-9H2. The molecule has 0 aliphatic heterocycles. The molecule has 1 N–H and O–H groups in total. The second-order valence-electron chi connectivity index (χ2n) is 6.50. The third-order valence-electron chi connectivity index (χ3n) is 5.29. The van der Waals surface area contributed by atoms with Crippen molar-refractivity contribution >= 4 is 6.21 Å². The molecule has 2 unspecified atom stereocenters. The fourth-order valence-corrected chi connectivity index (χ4v) is 4.77. The second kappa shape index (κ2) is 3.59. The second-order valence-corrected chi connectivity index (χ2v) is 6.50. The number of rotatable bonds is 2. The van der Waals surface area contributed by atoms with E-state index in [0.717, 1.165) is 23.3 Å². The Morgan fingerprint density at radius 3 is 2.67 bits per heavy atom. The molecule has 4 bridgehead atoms. The molecule has 4 fully saturated rings. The summed E-state index contributed by atoms with van der Waals surface area (Å²) in [5.41, 5.74) is 1.29. The highest BCUT2D eigenvalue weighted by Gasteiger charge is 2.57. The maximum atomic E-state index is 9.48. The topological polar surface area (TPSA) is 32.6 Å². The SMILES string of the molecule is Oc1cccc(C=NC23CC4CC(CC2C4)C3)c1. The largest absolute Gasteiger partial charge is 0.508 e. The number of hydrogen-bond acceptors (Lipinski definition) is 2. The molecule has 0 saturated heterocycles. The van der Waals surface area contributed by atoms with Gasteiger partial charge in [-0.05, 0) is 67.6 Å². The predicted molar refractivity (Wildman–Crippen MR) is 72.0 cm³/mol. The molecule has 0 heterocycles. The molecule has 94 valence electrons. The van der Waals surface area contributed by atoms with E-state index in [-0.39, 0.29) is 5.54 Å². The van der Waals surface area contributed by atoms with Gasteiger partial charge in [0.2, 0.25) is 0 Å². The summed E-state index contributed by atoms with van der Waals surface area (Å²) in [4.78, 5) is 4.97. The zero-order valence-corrected chi connectivity index (χ0v) is 10.5. The Bertz CT molecular complexity index is 494.